The van der Waals surface area contributed by atoms with Crippen molar-refractivity contribution in [1.29, 1.82) is 5.26 Å². The van der Waals surface area contributed by atoms with Crippen molar-refractivity contribution < 1.29 is 9.90 Å². The third kappa shape index (κ3) is 1.59. The van der Waals surface area contributed by atoms with Crippen LogP contribution in [-0.2, 0) is 0 Å². The number of aromatic carboxylic acids is 1. The monoisotopic (exact) mass is 176 g/mol. The van der Waals surface area contributed by atoms with Crippen molar-refractivity contribution in [2.75, 3.05) is 5.73 Å². The molecule has 1 rings (SSSR count). The molecule has 0 bridgehead atoms. The maximum Gasteiger partial charge on any atom is 0.335 e. The van der Waals surface area contributed by atoms with Crippen LogP contribution < -0.4 is 5.73 Å². The summed E-state index contributed by atoms with van der Waals surface area (Å²) in [7, 11) is 0. The van der Waals surface area contributed by atoms with Gasteiger partial charge in [0.05, 0.1) is 17.2 Å². The van der Waals surface area contributed by atoms with Crippen LogP contribution in [0.5, 0.6) is 0 Å². The zero-order valence-corrected chi connectivity index (χ0v) is 7.03. The van der Waals surface area contributed by atoms with E-state index in [-0.39, 0.29) is 5.56 Å². The maximum absolute atomic E-state index is 10.6. The van der Waals surface area contributed by atoms with Gasteiger partial charge in [0.2, 0.25) is 0 Å². The highest BCUT2D eigenvalue weighted by atomic mass is 16.4. The Morgan fingerprint density at radius 1 is 1.62 bits per heavy atom. The fraction of sp³-hybridized carbons (Fsp3) is 0.111. The molecule has 0 spiro atoms. The molecule has 0 atom stereocenters. The van der Waals surface area contributed by atoms with Gasteiger partial charge in [-0.1, -0.05) is 0 Å². The van der Waals surface area contributed by atoms with Crippen LogP contribution in [0.2, 0.25) is 0 Å². The second kappa shape index (κ2) is 3.15. The predicted octanol–water partition coefficient (Wildman–Crippen LogP) is 1.15. The first kappa shape index (κ1) is 9.07. The first-order valence-corrected chi connectivity index (χ1v) is 3.59. The summed E-state index contributed by atoms with van der Waals surface area (Å²) in [6.07, 6.45) is 0. The van der Waals surface area contributed by atoms with E-state index in [1.165, 1.54) is 12.1 Å². The molecule has 0 saturated heterocycles. The highest BCUT2D eigenvalue weighted by Crippen LogP contribution is 2.18. The Labute approximate surface area is 75.2 Å². The number of anilines is 1. The summed E-state index contributed by atoms with van der Waals surface area (Å²) in [5.41, 5.74) is 6.81. The maximum atomic E-state index is 10.6. The number of carbonyl (C=O) groups is 1. The summed E-state index contributed by atoms with van der Waals surface area (Å²) < 4.78 is 0. The standard InChI is InChI=1S/C9H8N2O2/c1-5-7(4-10)2-6(9(12)13)3-8(5)11/h2-3H,11H2,1H3,(H,12,13). The lowest BCUT2D eigenvalue weighted by Gasteiger charge is -2.03. The Kier molecular flexibility index (Phi) is 2.20. The minimum atomic E-state index is -1.08. The minimum absolute atomic E-state index is 0.0413. The molecule has 13 heavy (non-hydrogen) atoms. The van der Waals surface area contributed by atoms with Crippen LogP contribution >= 0.6 is 0 Å². The molecular formula is C9H8N2O2. The van der Waals surface area contributed by atoms with Crippen molar-refractivity contribution in [1.82, 2.24) is 0 Å². The van der Waals surface area contributed by atoms with Crippen LogP contribution in [0.4, 0.5) is 5.69 Å². The minimum Gasteiger partial charge on any atom is -0.478 e. The molecule has 0 saturated carbocycles. The van der Waals surface area contributed by atoms with Gasteiger partial charge in [-0.15, -0.1) is 0 Å². The van der Waals surface area contributed by atoms with Crippen LogP contribution in [-0.4, -0.2) is 11.1 Å². The van der Waals surface area contributed by atoms with Gasteiger partial charge in [-0.2, -0.15) is 5.26 Å². The Bertz CT molecular complexity index is 405. The third-order valence-electron chi connectivity index (χ3n) is 1.82. The lowest BCUT2D eigenvalue weighted by Crippen LogP contribution is -2.01. The molecule has 3 N–H and O–H groups in total. The number of nitrogens with zero attached hydrogens (tertiary/aromatic N) is 1. The van der Waals surface area contributed by atoms with Gasteiger partial charge in [0.1, 0.15) is 0 Å². The van der Waals surface area contributed by atoms with Gasteiger partial charge in [0.15, 0.2) is 0 Å². The first-order valence-electron chi connectivity index (χ1n) is 3.59. The fourth-order valence-electron chi connectivity index (χ4n) is 0.976. The molecule has 4 nitrogen and oxygen atoms in total. The molecule has 4 heteroatoms. The number of carboxylic acids is 1. The summed E-state index contributed by atoms with van der Waals surface area (Å²) in [5, 5.41) is 17.3. The van der Waals surface area contributed by atoms with Crippen LogP contribution in [0, 0.1) is 18.3 Å². The zero-order chi connectivity index (χ0) is 10.0. The van der Waals surface area contributed by atoms with E-state index in [0.717, 1.165) is 0 Å². The van der Waals surface area contributed by atoms with Crippen molar-refractivity contribution in [3.05, 3.63) is 28.8 Å². The van der Waals surface area contributed by atoms with E-state index in [1.807, 2.05) is 6.07 Å². The van der Waals surface area contributed by atoms with E-state index in [1.54, 1.807) is 6.92 Å². The summed E-state index contributed by atoms with van der Waals surface area (Å²) in [6.45, 7) is 1.68. The molecular weight excluding hydrogens is 168 g/mol. The van der Waals surface area contributed by atoms with Gasteiger partial charge in [-0.3, -0.25) is 0 Å². The Morgan fingerprint density at radius 2 is 2.23 bits per heavy atom. The topological polar surface area (TPSA) is 87.1 Å². The number of nitrogens with two attached hydrogens (primary N) is 1. The summed E-state index contributed by atoms with van der Waals surface area (Å²) >= 11 is 0. The molecule has 0 fully saturated rings. The largest absolute Gasteiger partial charge is 0.478 e. The predicted molar refractivity (Wildman–Crippen MR) is 47.3 cm³/mol. The molecule has 1 aromatic rings. The van der Waals surface area contributed by atoms with Crippen LogP contribution in [0.15, 0.2) is 12.1 Å². The number of benzene rings is 1. The molecule has 0 unspecified atom stereocenters. The zero-order valence-electron chi connectivity index (χ0n) is 7.03. The lowest BCUT2D eigenvalue weighted by molar-refractivity contribution is 0.0697. The Morgan fingerprint density at radius 3 is 2.69 bits per heavy atom. The first-order chi connectivity index (χ1) is 6.06. The van der Waals surface area contributed by atoms with Gasteiger partial charge in [0, 0.05) is 5.69 Å². The number of nitriles is 1. The van der Waals surface area contributed by atoms with E-state index in [9.17, 15) is 4.79 Å². The molecule has 1 aromatic carbocycles. The van der Waals surface area contributed by atoms with Gasteiger partial charge < -0.3 is 10.8 Å². The number of hydrogen-bond donors (Lipinski definition) is 2. The van der Waals surface area contributed by atoms with E-state index in [0.29, 0.717) is 16.8 Å². The molecule has 0 aliphatic rings. The number of nitrogen functional groups attached to an aromatic ring is 1. The number of rotatable bonds is 1. The summed E-state index contributed by atoms with van der Waals surface area (Å²) in [5.74, 6) is -1.08. The van der Waals surface area contributed by atoms with Crippen molar-refractivity contribution in [3.8, 4) is 6.07 Å². The van der Waals surface area contributed by atoms with Crippen molar-refractivity contribution in [2.45, 2.75) is 6.92 Å². The quantitative estimate of drug-likeness (QED) is 0.628. The van der Waals surface area contributed by atoms with E-state index in [4.69, 9.17) is 16.1 Å². The van der Waals surface area contributed by atoms with Crippen molar-refractivity contribution in [3.63, 3.8) is 0 Å². The molecule has 0 aliphatic heterocycles. The average molecular weight is 176 g/mol. The molecule has 0 aromatic heterocycles. The molecule has 0 radical (unpaired) electrons. The summed E-state index contributed by atoms with van der Waals surface area (Å²) in [4.78, 5) is 10.6. The molecule has 0 heterocycles. The Hall–Kier alpha value is -2.02. The van der Waals surface area contributed by atoms with E-state index >= 15 is 0 Å². The second-order valence-corrected chi connectivity index (χ2v) is 2.65. The van der Waals surface area contributed by atoms with Crippen molar-refractivity contribution in [2.24, 2.45) is 0 Å². The smallest absolute Gasteiger partial charge is 0.335 e. The van der Waals surface area contributed by atoms with Gasteiger partial charge in [-0.25, -0.2) is 4.79 Å². The van der Waals surface area contributed by atoms with Crippen LogP contribution in [0.3, 0.4) is 0 Å². The van der Waals surface area contributed by atoms with Crippen LogP contribution in [0.25, 0.3) is 0 Å². The van der Waals surface area contributed by atoms with Gasteiger partial charge in [-0.05, 0) is 24.6 Å². The highest BCUT2D eigenvalue weighted by Gasteiger charge is 2.08. The molecule has 0 aliphatic carbocycles. The van der Waals surface area contributed by atoms with Crippen LogP contribution in [0.1, 0.15) is 21.5 Å². The fourth-order valence-corrected chi connectivity index (χ4v) is 0.976. The van der Waals surface area contributed by atoms with Gasteiger partial charge >= 0.3 is 5.97 Å². The number of carboxylic acid groups (broad SMARTS) is 1. The SMILES string of the molecule is Cc1c(N)cc(C(=O)O)cc1C#N. The van der Waals surface area contributed by atoms with Gasteiger partial charge in [0.25, 0.3) is 0 Å². The molecule has 0 amide bonds. The Balaban J connectivity index is 3.41. The van der Waals surface area contributed by atoms with E-state index < -0.39 is 5.97 Å². The lowest BCUT2D eigenvalue weighted by atomic mass is 10.0. The van der Waals surface area contributed by atoms with E-state index in [2.05, 4.69) is 0 Å². The van der Waals surface area contributed by atoms with Crippen molar-refractivity contribution >= 4 is 11.7 Å². The number of hydrogen-bond acceptors (Lipinski definition) is 3. The summed E-state index contributed by atoms with van der Waals surface area (Å²) in [6, 6.07) is 4.55. The normalized spacial score (nSPS) is 9.23. The molecule has 66 valence electrons. The third-order valence-corrected chi connectivity index (χ3v) is 1.82. The second-order valence-electron chi connectivity index (χ2n) is 2.65. The average Bonchev–Trinajstić information content (AvgIpc) is 2.09. The highest BCUT2D eigenvalue weighted by molar-refractivity contribution is 5.89.